The standard InChI is InChI=1S/C17H11Cl4N3OS/c18-10-4-5-12(19)13(7-10)23-17-24-14(8-26-17)9-2-1-3-11(6-9)22-16(25)15(20)21/h1-8,15H,(H,22,25)(H,23,24). The van der Waals surface area contributed by atoms with E-state index in [2.05, 4.69) is 15.6 Å². The summed E-state index contributed by atoms with van der Waals surface area (Å²) in [6, 6.07) is 12.4. The molecule has 1 amide bonds. The second-order valence-corrected chi connectivity index (χ2v) is 7.96. The lowest BCUT2D eigenvalue weighted by atomic mass is 10.1. The average Bonchev–Trinajstić information content (AvgIpc) is 3.07. The van der Waals surface area contributed by atoms with Crippen LogP contribution >= 0.6 is 57.7 Å². The molecule has 0 spiro atoms. The van der Waals surface area contributed by atoms with E-state index in [0.717, 1.165) is 11.3 Å². The van der Waals surface area contributed by atoms with Crippen molar-refractivity contribution in [1.29, 1.82) is 0 Å². The molecule has 0 aliphatic rings. The molecular formula is C17H11Cl4N3OS. The van der Waals surface area contributed by atoms with Crippen molar-refractivity contribution in [3.05, 3.63) is 57.9 Å². The summed E-state index contributed by atoms with van der Waals surface area (Å²) in [4.78, 5) is 15.0. The van der Waals surface area contributed by atoms with Crippen molar-refractivity contribution >= 4 is 80.2 Å². The smallest absolute Gasteiger partial charge is 0.257 e. The zero-order chi connectivity index (χ0) is 18.7. The number of hydrogen-bond acceptors (Lipinski definition) is 4. The SMILES string of the molecule is O=C(Nc1cccc(-c2csc(Nc3cc(Cl)ccc3Cl)n2)c1)C(Cl)Cl. The quantitative estimate of drug-likeness (QED) is 0.434. The normalized spacial score (nSPS) is 10.8. The van der Waals surface area contributed by atoms with Crippen LogP contribution in [0.5, 0.6) is 0 Å². The first-order chi connectivity index (χ1) is 12.4. The van der Waals surface area contributed by atoms with Crippen LogP contribution < -0.4 is 10.6 Å². The van der Waals surface area contributed by atoms with Gasteiger partial charge in [0.05, 0.1) is 16.4 Å². The summed E-state index contributed by atoms with van der Waals surface area (Å²) in [5, 5.41) is 9.48. The fourth-order valence-electron chi connectivity index (χ4n) is 2.13. The topological polar surface area (TPSA) is 54.0 Å². The minimum atomic E-state index is -1.13. The van der Waals surface area contributed by atoms with E-state index in [1.54, 1.807) is 30.3 Å². The summed E-state index contributed by atoms with van der Waals surface area (Å²) in [6.45, 7) is 0. The van der Waals surface area contributed by atoms with Crippen LogP contribution in [0.15, 0.2) is 47.8 Å². The van der Waals surface area contributed by atoms with E-state index in [1.807, 2.05) is 17.5 Å². The number of aromatic nitrogens is 1. The third-order valence-electron chi connectivity index (χ3n) is 3.30. The van der Waals surface area contributed by atoms with Crippen molar-refractivity contribution in [3.63, 3.8) is 0 Å². The monoisotopic (exact) mass is 445 g/mol. The molecule has 2 N–H and O–H groups in total. The lowest BCUT2D eigenvalue weighted by Crippen LogP contribution is -2.18. The van der Waals surface area contributed by atoms with Gasteiger partial charge in [-0.1, -0.05) is 58.5 Å². The molecule has 0 saturated carbocycles. The van der Waals surface area contributed by atoms with Crippen LogP contribution in [-0.4, -0.2) is 15.7 Å². The molecule has 2 aromatic carbocycles. The minimum absolute atomic E-state index is 0.485. The molecule has 0 atom stereocenters. The van der Waals surface area contributed by atoms with Crippen LogP contribution in [0.25, 0.3) is 11.3 Å². The van der Waals surface area contributed by atoms with E-state index in [1.165, 1.54) is 11.3 Å². The van der Waals surface area contributed by atoms with E-state index < -0.39 is 10.7 Å². The maximum atomic E-state index is 11.6. The molecule has 0 aliphatic carbocycles. The number of nitrogens with one attached hydrogen (secondary N) is 2. The van der Waals surface area contributed by atoms with Crippen molar-refractivity contribution in [2.45, 2.75) is 4.84 Å². The number of thiazole rings is 1. The first-order valence-electron chi connectivity index (χ1n) is 7.29. The van der Waals surface area contributed by atoms with Crippen LogP contribution in [0.3, 0.4) is 0 Å². The fraction of sp³-hybridized carbons (Fsp3) is 0.0588. The first kappa shape index (κ1) is 19.3. The maximum Gasteiger partial charge on any atom is 0.257 e. The highest BCUT2D eigenvalue weighted by Gasteiger charge is 2.12. The minimum Gasteiger partial charge on any atom is -0.330 e. The van der Waals surface area contributed by atoms with Crippen molar-refractivity contribution in [2.75, 3.05) is 10.6 Å². The number of anilines is 3. The maximum absolute atomic E-state index is 11.6. The van der Waals surface area contributed by atoms with E-state index in [9.17, 15) is 4.79 Å². The average molecular weight is 447 g/mol. The number of amides is 1. The Bertz CT molecular complexity index is 945. The summed E-state index contributed by atoms with van der Waals surface area (Å²) in [7, 11) is 0. The van der Waals surface area contributed by atoms with Crippen LogP contribution in [0.4, 0.5) is 16.5 Å². The number of benzene rings is 2. The van der Waals surface area contributed by atoms with Gasteiger partial charge in [0.15, 0.2) is 9.97 Å². The first-order valence-corrected chi connectivity index (χ1v) is 9.80. The third kappa shape index (κ3) is 4.81. The molecule has 26 heavy (non-hydrogen) atoms. The molecule has 0 radical (unpaired) electrons. The van der Waals surface area contributed by atoms with Gasteiger partial charge in [-0.3, -0.25) is 4.79 Å². The van der Waals surface area contributed by atoms with E-state index >= 15 is 0 Å². The molecular weight excluding hydrogens is 436 g/mol. The van der Waals surface area contributed by atoms with Gasteiger partial charge in [0.1, 0.15) is 0 Å². The Morgan fingerprint density at radius 2 is 1.92 bits per heavy atom. The molecule has 0 bridgehead atoms. The van der Waals surface area contributed by atoms with Gasteiger partial charge in [0.25, 0.3) is 5.91 Å². The van der Waals surface area contributed by atoms with E-state index in [4.69, 9.17) is 46.4 Å². The third-order valence-corrected chi connectivity index (χ3v) is 5.02. The van der Waals surface area contributed by atoms with Crippen LogP contribution in [0.1, 0.15) is 0 Å². The Labute approximate surface area is 174 Å². The molecule has 134 valence electrons. The Morgan fingerprint density at radius 3 is 2.69 bits per heavy atom. The molecule has 9 heteroatoms. The number of nitrogens with zero attached hydrogens (tertiary/aromatic N) is 1. The van der Waals surface area contributed by atoms with E-state index in [-0.39, 0.29) is 0 Å². The van der Waals surface area contributed by atoms with Gasteiger partial charge in [-0.2, -0.15) is 0 Å². The summed E-state index contributed by atoms with van der Waals surface area (Å²) in [5.41, 5.74) is 2.85. The molecule has 1 aromatic heterocycles. The molecule has 4 nitrogen and oxygen atoms in total. The molecule has 3 aromatic rings. The van der Waals surface area contributed by atoms with Gasteiger partial charge in [-0.25, -0.2) is 4.98 Å². The largest absolute Gasteiger partial charge is 0.330 e. The lowest BCUT2D eigenvalue weighted by Gasteiger charge is -2.07. The molecule has 0 aliphatic heterocycles. The van der Waals surface area contributed by atoms with Gasteiger partial charge in [-0.05, 0) is 30.3 Å². The predicted molar refractivity (Wildman–Crippen MR) is 111 cm³/mol. The van der Waals surface area contributed by atoms with Crippen molar-refractivity contribution in [3.8, 4) is 11.3 Å². The van der Waals surface area contributed by atoms with Gasteiger partial charge >= 0.3 is 0 Å². The molecule has 3 rings (SSSR count). The van der Waals surface area contributed by atoms with Gasteiger partial charge < -0.3 is 10.6 Å². The summed E-state index contributed by atoms with van der Waals surface area (Å²) in [6.07, 6.45) is 0. The highest BCUT2D eigenvalue weighted by atomic mass is 35.5. The van der Waals surface area contributed by atoms with Gasteiger partial charge in [-0.15, -0.1) is 11.3 Å². The second kappa shape index (κ2) is 8.46. The van der Waals surface area contributed by atoms with Crippen molar-refractivity contribution < 1.29 is 4.79 Å². The van der Waals surface area contributed by atoms with E-state index in [0.29, 0.717) is 26.6 Å². The van der Waals surface area contributed by atoms with Gasteiger partial charge in [0, 0.05) is 21.7 Å². The summed E-state index contributed by atoms with van der Waals surface area (Å²) >= 11 is 24.7. The second-order valence-electron chi connectivity index (χ2n) is 5.16. The number of hydrogen-bond donors (Lipinski definition) is 2. The van der Waals surface area contributed by atoms with Crippen LogP contribution in [0.2, 0.25) is 10.0 Å². The number of halogens is 4. The zero-order valence-corrected chi connectivity index (χ0v) is 16.8. The number of alkyl halides is 2. The summed E-state index contributed by atoms with van der Waals surface area (Å²) in [5.74, 6) is -0.485. The number of carbonyl (C=O) groups excluding carboxylic acids is 1. The molecule has 0 fully saturated rings. The fourth-order valence-corrected chi connectivity index (χ4v) is 3.30. The van der Waals surface area contributed by atoms with Crippen LogP contribution in [-0.2, 0) is 4.79 Å². The van der Waals surface area contributed by atoms with Crippen LogP contribution in [0, 0.1) is 0 Å². The molecule has 0 unspecified atom stereocenters. The van der Waals surface area contributed by atoms with Gasteiger partial charge in [0.2, 0.25) is 0 Å². The summed E-state index contributed by atoms with van der Waals surface area (Å²) < 4.78 is 0. The predicted octanol–water partition coefficient (Wildman–Crippen LogP) is 6.60. The highest BCUT2D eigenvalue weighted by molar-refractivity contribution is 7.14. The Kier molecular flexibility index (Phi) is 6.27. The molecule has 1 heterocycles. The van der Waals surface area contributed by atoms with Crippen molar-refractivity contribution in [1.82, 2.24) is 4.98 Å². The van der Waals surface area contributed by atoms with Crippen molar-refractivity contribution in [2.24, 2.45) is 0 Å². The molecule has 0 saturated heterocycles. The number of rotatable bonds is 5. The lowest BCUT2D eigenvalue weighted by molar-refractivity contribution is -0.114. The highest BCUT2D eigenvalue weighted by Crippen LogP contribution is 2.32. The Balaban J connectivity index is 1.79. The Hall–Kier alpha value is -1.50. The number of carbonyl (C=O) groups is 1. The Morgan fingerprint density at radius 1 is 1.12 bits per heavy atom. The zero-order valence-electron chi connectivity index (χ0n) is 13.0.